The van der Waals surface area contributed by atoms with Crippen molar-refractivity contribution in [1.29, 1.82) is 0 Å². The quantitative estimate of drug-likeness (QED) is 0.179. The Hall–Kier alpha value is -8.09. The van der Waals surface area contributed by atoms with Gasteiger partial charge in [0.1, 0.15) is 22.3 Å². The molecule has 0 amide bonds. The standard InChI is InChI=1S/C53H30N4O2/c1-2-12-32-25-35(22-21-31(32)11-1)51-54-52(36-23-24-49-41(27-36)38-16-6-9-19-47(38)58-49)56-53(55-51)43-30-50-42(39-17-7-10-20-48(39)59-50)29-46(43)57-44-18-8-5-15-37(44)40-26-33-13-3-4-14-34(33)28-45(40)57/h1-30H. The van der Waals surface area contributed by atoms with Gasteiger partial charge >= 0.3 is 0 Å². The van der Waals surface area contributed by atoms with Gasteiger partial charge in [0.05, 0.1) is 16.7 Å². The molecule has 0 fully saturated rings. The minimum Gasteiger partial charge on any atom is -0.456 e. The van der Waals surface area contributed by atoms with Crippen LogP contribution >= 0.6 is 0 Å². The molecule has 274 valence electrons. The fourth-order valence-corrected chi connectivity index (χ4v) is 8.99. The van der Waals surface area contributed by atoms with E-state index in [0.29, 0.717) is 17.5 Å². The molecule has 13 rings (SSSR count). The van der Waals surface area contributed by atoms with Crippen LogP contribution in [-0.4, -0.2) is 19.5 Å². The van der Waals surface area contributed by atoms with Crippen molar-refractivity contribution in [3.05, 3.63) is 182 Å². The van der Waals surface area contributed by atoms with Crippen LogP contribution in [-0.2, 0) is 0 Å². The molecule has 0 spiro atoms. The summed E-state index contributed by atoms with van der Waals surface area (Å²) in [6, 6.07) is 63.4. The molecule has 59 heavy (non-hydrogen) atoms. The van der Waals surface area contributed by atoms with Crippen molar-refractivity contribution in [1.82, 2.24) is 19.5 Å². The molecule has 0 saturated heterocycles. The van der Waals surface area contributed by atoms with Crippen LogP contribution in [0.5, 0.6) is 0 Å². The van der Waals surface area contributed by atoms with Crippen molar-refractivity contribution in [3.63, 3.8) is 0 Å². The Bertz CT molecular complexity index is 3870. The Kier molecular flexibility index (Phi) is 6.63. The lowest BCUT2D eigenvalue weighted by molar-refractivity contribution is 0.668. The number of fused-ring (bicyclic) bond motifs is 11. The average Bonchev–Trinajstić information content (AvgIpc) is 3.96. The Morgan fingerprint density at radius 3 is 1.63 bits per heavy atom. The van der Waals surface area contributed by atoms with E-state index < -0.39 is 0 Å². The first kappa shape index (κ1) is 32.0. The number of furan rings is 2. The number of rotatable bonds is 4. The Morgan fingerprint density at radius 2 is 0.864 bits per heavy atom. The minimum absolute atomic E-state index is 0.541. The van der Waals surface area contributed by atoms with Gasteiger partial charge in [0.25, 0.3) is 0 Å². The number of aromatic nitrogens is 4. The summed E-state index contributed by atoms with van der Waals surface area (Å²) in [4.78, 5) is 15.9. The van der Waals surface area contributed by atoms with Crippen LogP contribution in [0.4, 0.5) is 0 Å². The summed E-state index contributed by atoms with van der Waals surface area (Å²) in [7, 11) is 0. The number of para-hydroxylation sites is 3. The summed E-state index contributed by atoms with van der Waals surface area (Å²) in [5, 5.41) is 11.1. The van der Waals surface area contributed by atoms with Crippen molar-refractivity contribution in [2.45, 2.75) is 0 Å². The van der Waals surface area contributed by atoms with E-state index in [1.54, 1.807) is 0 Å². The predicted octanol–water partition coefficient (Wildman–Crippen LogP) is 14.1. The van der Waals surface area contributed by atoms with Gasteiger partial charge in [0.2, 0.25) is 0 Å². The second kappa shape index (κ2) is 12.2. The second-order valence-corrected chi connectivity index (χ2v) is 15.2. The van der Waals surface area contributed by atoms with Gasteiger partial charge in [-0.3, -0.25) is 0 Å². The van der Waals surface area contributed by atoms with Crippen molar-refractivity contribution >= 4 is 87.2 Å². The molecule has 13 aromatic rings. The summed E-state index contributed by atoms with van der Waals surface area (Å²) in [5.74, 6) is 1.69. The summed E-state index contributed by atoms with van der Waals surface area (Å²) >= 11 is 0. The monoisotopic (exact) mass is 754 g/mol. The topological polar surface area (TPSA) is 69.9 Å². The first-order chi connectivity index (χ1) is 29.2. The van der Waals surface area contributed by atoms with E-state index in [-0.39, 0.29) is 0 Å². The van der Waals surface area contributed by atoms with E-state index in [0.717, 1.165) is 88.1 Å². The summed E-state index contributed by atoms with van der Waals surface area (Å²) in [6.45, 7) is 0. The Labute approximate surface area is 336 Å². The fraction of sp³-hybridized carbons (Fsp3) is 0. The molecule has 0 aliphatic heterocycles. The molecule has 4 aromatic heterocycles. The molecule has 0 atom stereocenters. The highest BCUT2D eigenvalue weighted by molar-refractivity contribution is 6.15. The molecule has 9 aromatic carbocycles. The van der Waals surface area contributed by atoms with E-state index in [1.807, 2.05) is 42.5 Å². The second-order valence-electron chi connectivity index (χ2n) is 15.2. The largest absolute Gasteiger partial charge is 0.456 e. The van der Waals surface area contributed by atoms with Crippen LogP contribution < -0.4 is 0 Å². The number of hydrogen-bond acceptors (Lipinski definition) is 5. The predicted molar refractivity (Wildman–Crippen MR) is 240 cm³/mol. The van der Waals surface area contributed by atoms with Crippen molar-refractivity contribution < 1.29 is 8.83 Å². The maximum absolute atomic E-state index is 6.59. The molecule has 0 bridgehead atoms. The van der Waals surface area contributed by atoms with E-state index in [9.17, 15) is 0 Å². The number of hydrogen-bond donors (Lipinski definition) is 0. The van der Waals surface area contributed by atoms with Crippen LogP contribution in [0, 0.1) is 0 Å². The molecular weight excluding hydrogens is 725 g/mol. The fourth-order valence-electron chi connectivity index (χ4n) is 8.99. The van der Waals surface area contributed by atoms with Crippen LogP contribution in [0.3, 0.4) is 0 Å². The van der Waals surface area contributed by atoms with Crippen molar-refractivity contribution in [2.75, 3.05) is 0 Å². The summed E-state index contributed by atoms with van der Waals surface area (Å²) < 4.78 is 15.2. The zero-order chi connectivity index (χ0) is 38.6. The zero-order valence-corrected chi connectivity index (χ0v) is 31.4. The number of benzene rings is 9. The smallest absolute Gasteiger partial charge is 0.166 e. The minimum atomic E-state index is 0.541. The average molecular weight is 755 g/mol. The SMILES string of the molecule is c1ccc2cc(-c3nc(-c4ccc5oc6ccccc6c5c4)nc(-c4cc5oc6ccccc6c5cc4-n4c5ccccc5c5cc6ccccc6cc54)n3)ccc2c1. The molecule has 0 saturated carbocycles. The van der Waals surface area contributed by atoms with E-state index >= 15 is 0 Å². The van der Waals surface area contributed by atoms with Crippen LogP contribution in [0.15, 0.2) is 191 Å². The molecule has 0 unspecified atom stereocenters. The van der Waals surface area contributed by atoms with Crippen LogP contribution in [0.1, 0.15) is 0 Å². The first-order valence-electron chi connectivity index (χ1n) is 19.8. The third-order valence-corrected chi connectivity index (χ3v) is 11.8. The van der Waals surface area contributed by atoms with E-state index in [4.69, 9.17) is 23.8 Å². The molecule has 0 N–H and O–H groups in total. The highest BCUT2D eigenvalue weighted by atomic mass is 16.3. The van der Waals surface area contributed by atoms with E-state index in [1.165, 1.54) is 21.5 Å². The lowest BCUT2D eigenvalue weighted by Crippen LogP contribution is -2.04. The Balaban J connectivity index is 1.14. The van der Waals surface area contributed by atoms with Crippen LogP contribution in [0.2, 0.25) is 0 Å². The van der Waals surface area contributed by atoms with Crippen molar-refractivity contribution in [2.24, 2.45) is 0 Å². The highest BCUT2D eigenvalue weighted by Gasteiger charge is 2.23. The lowest BCUT2D eigenvalue weighted by atomic mass is 10.0. The molecule has 0 radical (unpaired) electrons. The molecule has 0 aliphatic rings. The van der Waals surface area contributed by atoms with Gasteiger partial charge in [-0.2, -0.15) is 0 Å². The maximum atomic E-state index is 6.59. The maximum Gasteiger partial charge on any atom is 0.166 e. The van der Waals surface area contributed by atoms with Gasteiger partial charge in [0, 0.05) is 49.0 Å². The normalized spacial score (nSPS) is 12.1. The van der Waals surface area contributed by atoms with Gasteiger partial charge < -0.3 is 13.4 Å². The third-order valence-electron chi connectivity index (χ3n) is 11.8. The van der Waals surface area contributed by atoms with Gasteiger partial charge in [-0.25, -0.2) is 15.0 Å². The van der Waals surface area contributed by atoms with Gasteiger partial charge in [-0.1, -0.05) is 115 Å². The van der Waals surface area contributed by atoms with Gasteiger partial charge in [-0.05, 0) is 88.3 Å². The summed E-state index contributed by atoms with van der Waals surface area (Å²) in [6.07, 6.45) is 0. The lowest BCUT2D eigenvalue weighted by Gasteiger charge is -2.15. The zero-order valence-electron chi connectivity index (χ0n) is 31.4. The third kappa shape index (κ3) is 4.90. The Morgan fingerprint density at radius 1 is 0.322 bits per heavy atom. The number of nitrogens with zero attached hydrogens (tertiary/aromatic N) is 4. The highest BCUT2D eigenvalue weighted by Crippen LogP contribution is 2.42. The van der Waals surface area contributed by atoms with E-state index in [2.05, 4.69) is 144 Å². The molecule has 6 nitrogen and oxygen atoms in total. The molecule has 0 aliphatic carbocycles. The molecule has 4 heterocycles. The first-order valence-corrected chi connectivity index (χ1v) is 19.8. The van der Waals surface area contributed by atoms with Gasteiger partial charge in [-0.15, -0.1) is 0 Å². The molecule has 6 heteroatoms. The van der Waals surface area contributed by atoms with Crippen molar-refractivity contribution in [3.8, 4) is 39.9 Å². The molecular formula is C53H30N4O2. The summed E-state index contributed by atoms with van der Waals surface area (Å²) in [5.41, 5.74) is 8.97. The van der Waals surface area contributed by atoms with Gasteiger partial charge in [0.15, 0.2) is 17.5 Å². The van der Waals surface area contributed by atoms with Crippen LogP contribution in [0.25, 0.3) is 127 Å².